The van der Waals surface area contributed by atoms with E-state index in [0.717, 1.165) is 78.9 Å². The molecule has 0 aliphatic heterocycles. The number of imidazole rings is 1. The number of aryl methyl sites for hydroxylation is 1. The number of amides is 1. The molecule has 0 fully saturated rings. The van der Waals surface area contributed by atoms with E-state index in [2.05, 4.69) is 55.4 Å². The lowest BCUT2D eigenvalue weighted by Gasteiger charge is -2.22. The first kappa shape index (κ1) is 27.7. The number of para-hydroxylation sites is 1. The van der Waals surface area contributed by atoms with E-state index in [-0.39, 0.29) is 5.91 Å². The summed E-state index contributed by atoms with van der Waals surface area (Å²) in [5.41, 5.74) is 4.86. The number of aromatic amines is 1. The molecule has 7 nitrogen and oxygen atoms in total. The molecule has 8 heteroatoms. The Morgan fingerprint density at radius 1 is 0.947 bits per heavy atom. The topological polar surface area (TPSA) is 77.2 Å². The van der Waals surface area contributed by atoms with E-state index in [0.29, 0.717) is 12.1 Å². The summed E-state index contributed by atoms with van der Waals surface area (Å²) in [6.45, 7) is 11.5. The highest BCUT2D eigenvalue weighted by atomic mass is 32.1. The fraction of sp³-hybridized carbons (Fsp3) is 0.367. The van der Waals surface area contributed by atoms with Gasteiger partial charge in [0.25, 0.3) is 5.91 Å². The predicted molar refractivity (Wildman–Crippen MR) is 155 cm³/mol. The summed E-state index contributed by atoms with van der Waals surface area (Å²) in [5, 5.41) is 6.32. The second kappa shape index (κ2) is 14.0. The summed E-state index contributed by atoms with van der Waals surface area (Å²) in [7, 11) is 0. The van der Waals surface area contributed by atoms with Crippen molar-refractivity contribution in [2.24, 2.45) is 0 Å². The third kappa shape index (κ3) is 8.08. The fourth-order valence-electron chi connectivity index (χ4n) is 4.61. The van der Waals surface area contributed by atoms with Crippen LogP contribution in [0, 0.1) is 6.92 Å². The van der Waals surface area contributed by atoms with Crippen LogP contribution in [0.2, 0.25) is 0 Å². The Labute approximate surface area is 230 Å². The monoisotopic (exact) mass is 530 g/mol. The number of anilines is 1. The Hall–Kier alpha value is -3.33. The van der Waals surface area contributed by atoms with E-state index in [1.54, 1.807) is 17.5 Å². The molecule has 4 rings (SSSR count). The summed E-state index contributed by atoms with van der Waals surface area (Å²) in [6, 6.07) is 16.0. The van der Waals surface area contributed by atoms with Crippen LogP contribution in [0.4, 0.5) is 5.69 Å². The Morgan fingerprint density at radius 2 is 1.71 bits per heavy atom. The molecule has 2 aromatic heterocycles. The number of aromatic nitrogens is 3. The van der Waals surface area contributed by atoms with E-state index in [1.807, 2.05) is 55.6 Å². The van der Waals surface area contributed by atoms with Gasteiger partial charge in [0.05, 0.1) is 17.2 Å². The van der Waals surface area contributed by atoms with Crippen molar-refractivity contribution in [2.45, 2.75) is 59.8 Å². The molecule has 2 N–H and O–H groups in total. The van der Waals surface area contributed by atoms with Gasteiger partial charge in [0.15, 0.2) is 0 Å². The molecule has 0 radical (unpaired) electrons. The lowest BCUT2D eigenvalue weighted by Crippen LogP contribution is -2.25. The summed E-state index contributed by atoms with van der Waals surface area (Å²) in [5.74, 6) is 0.829. The summed E-state index contributed by atoms with van der Waals surface area (Å²) < 4.78 is 0. The van der Waals surface area contributed by atoms with Crippen LogP contribution in [0.15, 0.2) is 66.3 Å². The van der Waals surface area contributed by atoms with E-state index < -0.39 is 0 Å². The van der Waals surface area contributed by atoms with Crippen molar-refractivity contribution < 1.29 is 4.79 Å². The van der Waals surface area contributed by atoms with Gasteiger partial charge in [-0.1, -0.05) is 44.2 Å². The minimum absolute atomic E-state index is 0.0908. The van der Waals surface area contributed by atoms with E-state index in [1.165, 1.54) is 0 Å². The normalized spacial score (nSPS) is 11.4. The average molecular weight is 531 g/mol. The number of hydrogen-bond donors (Lipinski definition) is 2. The Morgan fingerprint density at radius 3 is 2.37 bits per heavy atom. The molecular weight excluding hydrogens is 492 g/mol. The molecular formula is C30H38N6OS. The number of hydrogen-bond acceptors (Lipinski definition) is 6. The Kier molecular flexibility index (Phi) is 10.2. The van der Waals surface area contributed by atoms with Crippen LogP contribution in [-0.4, -0.2) is 43.7 Å². The summed E-state index contributed by atoms with van der Waals surface area (Å²) in [4.78, 5) is 30.1. The molecule has 2 aromatic carbocycles. The van der Waals surface area contributed by atoms with Crippen molar-refractivity contribution in [3.8, 4) is 0 Å². The molecule has 2 heterocycles. The van der Waals surface area contributed by atoms with Crippen LogP contribution in [0.5, 0.6) is 0 Å². The van der Waals surface area contributed by atoms with Crippen molar-refractivity contribution in [1.82, 2.24) is 24.8 Å². The summed E-state index contributed by atoms with van der Waals surface area (Å²) >= 11 is 1.67. The van der Waals surface area contributed by atoms with Gasteiger partial charge in [0.2, 0.25) is 0 Å². The summed E-state index contributed by atoms with van der Waals surface area (Å²) in [6.07, 6.45) is 5.85. The molecule has 0 aliphatic rings. The lowest BCUT2D eigenvalue weighted by molar-refractivity contribution is 0.102. The fourth-order valence-corrected chi connectivity index (χ4v) is 5.22. The number of benzene rings is 2. The maximum absolute atomic E-state index is 13.1. The van der Waals surface area contributed by atoms with Crippen molar-refractivity contribution in [1.29, 1.82) is 0 Å². The number of carbonyl (C=O) groups excluding carboxylic acids is 1. The smallest absolute Gasteiger partial charge is 0.255 e. The van der Waals surface area contributed by atoms with Gasteiger partial charge in [0.1, 0.15) is 5.82 Å². The van der Waals surface area contributed by atoms with Gasteiger partial charge in [-0.25, -0.2) is 9.97 Å². The van der Waals surface area contributed by atoms with E-state index >= 15 is 0 Å². The highest BCUT2D eigenvalue weighted by molar-refractivity contribution is 7.09. The minimum atomic E-state index is -0.0908. The number of rotatable bonds is 14. The molecule has 4 aromatic rings. The van der Waals surface area contributed by atoms with Gasteiger partial charge >= 0.3 is 0 Å². The number of thiazole rings is 1. The highest BCUT2D eigenvalue weighted by Gasteiger charge is 2.14. The van der Waals surface area contributed by atoms with Gasteiger partial charge in [0, 0.05) is 48.7 Å². The van der Waals surface area contributed by atoms with Crippen LogP contribution in [0.1, 0.15) is 64.7 Å². The van der Waals surface area contributed by atoms with Crippen LogP contribution in [-0.2, 0) is 26.2 Å². The van der Waals surface area contributed by atoms with Crippen LogP contribution in [0.3, 0.4) is 0 Å². The van der Waals surface area contributed by atoms with Crippen LogP contribution >= 0.6 is 11.3 Å². The molecule has 38 heavy (non-hydrogen) atoms. The van der Waals surface area contributed by atoms with Crippen molar-refractivity contribution in [3.63, 3.8) is 0 Å². The van der Waals surface area contributed by atoms with Crippen molar-refractivity contribution in [3.05, 3.63) is 99.5 Å². The first-order chi connectivity index (χ1) is 18.5. The van der Waals surface area contributed by atoms with Gasteiger partial charge in [-0.15, -0.1) is 11.3 Å². The van der Waals surface area contributed by atoms with Crippen LogP contribution in [0.25, 0.3) is 0 Å². The zero-order valence-electron chi connectivity index (χ0n) is 22.6. The standard InChI is InChI=1S/C30H38N6OS/c1-4-16-35(17-5-2)19-26-8-6-7-9-28(26)34-30(37)25-12-10-24(11-13-25)18-36(21-29-31-14-15-32-29)20-27-22-38-23(3)33-27/h6-15,22H,4-5,16-21H2,1-3H3,(H,31,32)(H,34,37). The molecule has 1 amide bonds. The SMILES string of the molecule is CCCN(CCC)Cc1ccccc1NC(=O)c1ccc(CN(Cc2csc(C)n2)Cc2ncc[nH]2)cc1. The second-order valence-electron chi connectivity index (χ2n) is 9.62. The zero-order chi connectivity index (χ0) is 26.7. The second-order valence-corrected chi connectivity index (χ2v) is 10.7. The third-order valence-corrected chi connectivity index (χ3v) is 7.16. The van der Waals surface area contributed by atoms with E-state index in [4.69, 9.17) is 0 Å². The first-order valence-corrected chi connectivity index (χ1v) is 14.2. The Balaban J connectivity index is 1.41. The van der Waals surface area contributed by atoms with Gasteiger partial charge < -0.3 is 10.3 Å². The third-order valence-electron chi connectivity index (χ3n) is 6.34. The highest BCUT2D eigenvalue weighted by Crippen LogP contribution is 2.20. The largest absolute Gasteiger partial charge is 0.348 e. The zero-order valence-corrected chi connectivity index (χ0v) is 23.4. The maximum Gasteiger partial charge on any atom is 0.255 e. The average Bonchev–Trinajstić information content (AvgIpc) is 3.57. The van der Waals surface area contributed by atoms with Crippen molar-refractivity contribution in [2.75, 3.05) is 18.4 Å². The number of carbonyl (C=O) groups is 1. The first-order valence-electron chi connectivity index (χ1n) is 13.4. The van der Waals surface area contributed by atoms with Crippen LogP contribution < -0.4 is 5.32 Å². The quantitative estimate of drug-likeness (QED) is 0.201. The molecule has 0 saturated carbocycles. The minimum Gasteiger partial charge on any atom is -0.348 e. The molecule has 0 aliphatic carbocycles. The van der Waals surface area contributed by atoms with Gasteiger partial charge in [-0.2, -0.15) is 0 Å². The molecule has 0 atom stereocenters. The Bertz CT molecular complexity index is 1260. The molecule has 0 spiro atoms. The number of H-pyrrole nitrogens is 1. The van der Waals surface area contributed by atoms with Gasteiger partial charge in [-0.3, -0.25) is 14.6 Å². The number of nitrogens with one attached hydrogen (secondary N) is 2. The van der Waals surface area contributed by atoms with Crippen molar-refractivity contribution >= 4 is 22.9 Å². The molecule has 0 unspecified atom stereocenters. The number of nitrogens with zero attached hydrogens (tertiary/aromatic N) is 4. The van der Waals surface area contributed by atoms with E-state index in [9.17, 15) is 4.79 Å². The maximum atomic E-state index is 13.1. The van der Waals surface area contributed by atoms with Gasteiger partial charge in [-0.05, 0) is 62.2 Å². The molecule has 0 saturated heterocycles. The molecule has 200 valence electrons. The predicted octanol–water partition coefficient (Wildman–Crippen LogP) is 6.25. The molecule has 0 bridgehead atoms. The lowest BCUT2D eigenvalue weighted by atomic mass is 10.1.